The minimum atomic E-state index is 0.0832. The lowest BCUT2D eigenvalue weighted by Crippen LogP contribution is -2.10. The van der Waals surface area contributed by atoms with Crippen LogP contribution in [0.1, 0.15) is 19.5 Å². The average molecular weight is 163 g/mol. The second-order valence-electron chi connectivity index (χ2n) is 3.04. The number of aromatic nitrogens is 1. The van der Waals surface area contributed by atoms with Crippen LogP contribution in [0.3, 0.4) is 0 Å². The van der Waals surface area contributed by atoms with Gasteiger partial charge < -0.3 is 0 Å². The highest BCUT2D eigenvalue weighted by atomic mass is 16.1. The van der Waals surface area contributed by atoms with E-state index in [0.29, 0.717) is 0 Å². The largest absolute Gasteiger partial charge is 0.300 e. The number of hydrogen-bond acceptors (Lipinski definition) is 2. The maximum atomic E-state index is 10.9. The van der Waals surface area contributed by atoms with Crippen LogP contribution in [-0.2, 0) is 11.2 Å². The van der Waals surface area contributed by atoms with Crippen LogP contribution >= 0.6 is 0 Å². The molecule has 0 radical (unpaired) electrons. The van der Waals surface area contributed by atoms with E-state index >= 15 is 0 Å². The van der Waals surface area contributed by atoms with E-state index in [2.05, 4.69) is 4.98 Å². The van der Waals surface area contributed by atoms with Crippen molar-refractivity contribution in [3.63, 3.8) is 0 Å². The van der Waals surface area contributed by atoms with Gasteiger partial charge in [0.2, 0.25) is 0 Å². The van der Waals surface area contributed by atoms with Crippen LogP contribution in [0.4, 0.5) is 0 Å². The summed E-state index contributed by atoms with van der Waals surface area (Å²) in [6, 6.07) is 5.76. The molecule has 0 aromatic carbocycles. The first-order valence-electron chi connectivity index (χ1n) is 4.10. The molecular formula is C10H13NO. The Hall–Kier alpha value is -1.18. The van der Waals surface area contributed by atoms with Gasteiger partial charge in [-0.2, -0.15) is 0 Å². The molecule has 0 aliphatic carbocycles. The maximum absolute atomic E-state index is 10.9. The van der Waals surface area contributed by atoms with Crippen LogP contribution in [0.5, 0.6) is 0 Å². The van der Waals surface area contributed by atoms with Crippen molar-refractivity contribution in [2.24, 2.45) is 5.92 Å². The van der Waals surface area contributed by atoms with Crippen LogP contribution in [-0.4, -0.2) is 10.8 Å². The third-order valence-electron chi connectivity index (χ3n) is 1.94. The van der Waals surface area contributed by atoms with E-state index in [4.69, 9.17) is 0 Å². The van der Waals surface area contributed by atoms with E-state index in [-0.39, 0.29) is 11.7 Å². The Labute approximate surface area is 72.6 Å². The highest BCUT2D eigenvalue weighted by Crippen LogP contribution is 2.05. The van der Waals surface area contributed by atoms with Crippen molar-refractivity contribution in [3.05, 3.63) is 30.1 Å². The van der Waals surface area contributed by atoms with Gasteiger partial charge in [0.1, 0.15) is 5.78 Å². The number of pyridine rings is 1. The van der Waals surface area contributed by atoms with E-state index in [9.17, 15) is 4.79 Å². The van der Waals surface area contributed by atoms with Crippen molar-refractivity contribution in [3.8, 4) is 0 Å². The molecule has 0 saturated heterocycles. The number of ketones is 1. The Kier molecular flexibility index (Phi) is 2.97. The molecular weight excluding hydrogens is 150 g/mol. The van der Waals surface area contributed by atoms with Gasteiger partial charge in [0.25, 0.3) is 0 Å². The first kappa shape index (κ1) is 8.91. The molecule has 0 amide bonds. The van der Waals surface area contributed by atoms with Gasteiger partial charge in [-0.1, -0.05) is 13.0 Å². The summed E-state index contributed by atoms with van der Waals surface area (Å²) < 4.78 is 0. The predicted octanol–water partition coefficient (Wildman–Crippen LogP) is 1.85. The van der Waals surface area contributed by atoms with Crippen LogP contribution in [0.2, 0.25) is 0 Å². The zero-order chi connectivity index (χ0) is 8.97. The molecule has 1 aromatic rings. The van der Waals surface area contributed by atoms with Gasteiger partial charge >= 0.3 is 0 Å². The second kappa shape index (κ2) is 4.00. The third kappa shape index (κ3) is 2.46. The highest BCUT2D eigenvalue weighted by Gasteiger charge is 2.08. The molecule has 1 heterocycles. The molecule has 0 saturated carbocycles. The van der Waals surface area contributed by atoms with Crippen molar-refractivity contribution in [1.82, 2.24) is 4.98 Å². The number of carbonyl (C=O) groups excluding carboxylic acids is 1. The van der Waals surface area contributed by atoms with Crippen molar-refractivity contribution in [2.75, 3.05) is 0 Å². The Morgan fingerprint density at radius 1 is 1.58 bits per heavy atom. The quantitative estimate of drug-likeness (QED) is 0.680. The number of rotatable bonds is 3. The van der Waals surface area contributed by atoms with Gasteiger partial charge in [0.05, 0.1) is 0 Å². The molecule has 1 atom stereocenters. The van der Waals surface area contributed by atoms with Crippen molar-refractivity contribution in [1.29, 1.82) is 0 Å². The zero-order valence-electron chi connectivity index (χ0n) is 7.45. The van der Waals surface area contributed by atoms with Crippen LogP contribution in [0.25, 0.3) is 0 Å². The normalized spacial score (nSPS) is 12.5. The standard InChI is InChI=1S/C10H13NO/c1-8(9(2)12)7-10-5-3-4-6-11-10/h3-6,8H,7H2,1-2H3/t8-/m0/s1. The summed E-state index contributed by atoms with van der Waals surface area (Å²) in [7, 11) is 0. The van der Waals surface area contributed by atoms with Gasteiger partial charge in [-0.15, -0.1) is 0 Å². The van der Waals surface area contributed by atoms with E-state index in [1.54, 1.807) is 13.1 Å². The summed E-state index contributed by atoms with van der Waals surface area (Å²) in [5.41, 5.74) is 0.986. The number of Topliss-reactive ketones (excluding diaryl/α,β-unsaturated/α-hetero) is 1. The van der Waals surface area contributed by atoms with Crippen molar-refractivity contribution < 1.29 is 4.79 Å². The Bertz CT molecular complexity index is 256. The van der Waals surface area contributed by atoms with E-state index in [1.165, 1.54) is 0 Å². The zero-order valence-corrected chi connectivity index (χ0v) is 7.45. The fourth-order valence-electron chi connectivity index (χ4n) is 0.976. The Morgan fingerprint density at radius 2 is 2.33 bits per heavy atom. The Morgan fingerprint density at radius 3 is 2.83 bits per heavy atom. The van der Waals surface area contributed by atoms with Gasteiger partial charge in [0, 0.05) is 17.8 Å². The summed E-state index contributed by atoms with van der Waals surface area (Å²) in [6.07, 6.45) is 2.50. The minimum absolute atomic E-state index is 0.0832. The lowest BCUT2D eigenvalue weighted by molar-refractivity contribution is -0.120. The third-order valence-corrected chi connectivity index (χ3v) is 1.94. The predicted molar refractivity (Wildman–Crippen MR) is 47.8 cm³/mol. The van der Waals surface area contributed by atoms with E-state index < -0.39 is 0 Å². The molecule has 0 bridgehead atoms. The Balaban J connectivity index is 2.58. The molecule has 0 aliphatic heterocycles. The summed E-state index contributed by atoms with van der Waals surface area (Å²) in [5.74, 6) is 0.306. The lowest BCUT2D eigenvalue weighted by atomic mass is 10.0. The minimum Gasteiger partial charge on any atom is -0.300 e. The topological polar surface area (TPSA) is 30.0 Å². The first-order valence-corrected chi connectivity index (χ1v) is 4.10. The number of nitrogens with zero attached hydrogens (tertiary/aromatic N) is 1. The molecule has 12 heavy (non-hydrogen) atoms. The molecule has 64 valence electrons. The maximum Gasteiger partial charge on any atom is 0.133 e. The van der Waals surface area contributed by atoms with Crippen molar-refractivity contribution in [2.45, 2.75) is 20.3 Å². The lowest BCUT2D eigenvalue weighted by Gasteiger charge is -2.05. The van der Waals surface area contributed by atoms with E-state index in [0.717, 1.165) is 12.1 Å². The van der Waals surface area contributed by atoms with Crippen molar-refractivity contribution >= 4 is 5.78 Å². The van der Waals surface area contributed by atoms with Crippen LogP contribution in [0, 0.1) is 5.92 Å². The summed E-state index contributed by atoms with van der Waals surface area (Å²) in [4.78, 5) is 15.1. The number of hydrogen-bond donors (Lipinski definition) is 0. The molecule has 1 aromatic heterocycles. The highest BCUT2D eigenvalue weighted by molar-refractivity contribution is 5.78. The summed E-state index contributed by atoms with van der Waals surface area (Å²) in [6.45, 7) is 3.55. The molecule has 2 heteroatoms. The fraction of sp³-hybridized carbons (Fsp3) is 0.400. The van der Waals surface area contributed by atoms with E-state index in [1.807, 2.05) is 25.1 Å². The molecule has 0 aliphatic rings. The van der Waals surface area contributed by atoms with Crippen LogP contribution in [0.15, 0.2) is 24.4 Å². The van der Waals surface area contributed by atoms with Gasteiger partial charge in [-0.25, -0.2) is 0 Å². The SMILES string of the molecule is CC(=O)[C@@H](C)Cc1ccccn1. The molecule has 0 unspecified atom stereocenters. The molecule has 0 fully saturated rings. The monoisotopic (exact) mass is 163 g/mol. The average Bonchev–Trinajstić information content (AvgIpc) is 2.06. The summed E-state index contributed by atoms with van der Waals surface area (Å²) in [5, 5.41) is 0. The number of carbonyl (C=O) groups is 1. The second-order valence-corrected chi connectivity index (χ2v) is 3.04. The fourth-order valence-corrected chi connectivity index (χ4v) is 0.976. The van der Waals surface area contributed by atoms with Crippen LogP contribution < -0.4 is 0 Å². The molecule has 1 rings (SSSR count). The molecule has 0 N–H and O–H groups in total. The smallest absolute Gasteiger partial charge is 0.133 e. The summed E-state index contributed by atoms with van der Waals surface area (Å²) >= 11 is 0. The molecule has 2 nitrogen and oxygen atoms in total. The van der Waals surface area contributed by atoms with Gasteiger partial charge in [-0.3, -0.25) is 9.78 Å². The first-order chi connectivity index (χ1) is 5.70. The molecule has 0 spiro atoms. The van der Waals surface area contributed by atoms with Gasteiger partial charge in [-0.05, 0) is 25.5 Å². The van der Waals surface area contributed by atoms with Gasteiger partial charge in [0.15, 0.2) is 0 Å².